The lowest BCUT2D eigenvalue weighted by molar-refractivity contribution is -0.127. The summed E-state index contributed by atoms with van der Waals surface area (Å²) in [5.74, 6) is -0.677. The van der Waals surface area contributed by atoms with Crippen LogP contribution >= 0.6 is 0 Å². The molecule has 0 unspecified atom stereocenters. The fourth-order valence-electron chi connectivity index (χ4n) is 4.93. The monoisotopic (exact) mass is 446 g/mol. The predicted molar refractivity (Wildman–Crippen MR) is 115 cm³/mol. The summed E-state index contributed by atoms with van der Waals surface area (Å²) >= 11 is 0. The molecule has 0 spiro atoms. The molecule has 2 aromatic rings. The number of nitrogens with zero attached hydrogens (tertiary/aromatic N) is 3. The first kappa shape index (κ1) is 21.9. The molecule has 0 aliphatic carbocycles. The van der Waals surface area contributed by atoms with Crippen LogP contribution in [0.25, 0.3) is 0 Å². The van der Waals surface area contributed by atoms with Gasteiger partial charge in [-0.2, -0.15) is 4.31 Å². The van der Waals surface area contributed by atoms with E-state index in [9.17, 15) is 17.6 Å². The van der Waals surface area contributed by atoms with E-state index in [0.717, 1.165) is 19.2 Å². The topological polar surface area (TPSA) is 82.6 Å². The highest BCUT2D eigenvalue weighted by Gasteiger charge is 2.53. The van der Waals surface area contributed by atoms with Crippen LogP contribution in [-0.4, -0.2) is 60.7 Å². The lowest BCUT2D eigenvalue weighted by Gasteiger charge is -2.35. The van der Waals surface area contributed by atoms with Crippen LogP contribution in [-0.2, 0) is 14.8 Å². The Morgan fingerprint density at radius 1 is 1.23 bits per heavy atom. The molecule has 166 valence electrons. The van der Waals surface area contributed by atoms with E-state index in [4.69, 9.17) is 0 Å². The van der Waals surface area contributed by atoms with E-state index in [0.29, 0.717) is 31.5 Å². The summed E-state index contributed by atoms with van der Waals surface area (Å²) in [7, 11) is -3.84. The molecule has 4 rings (SSSR count). The van der Waals surface area contributed by atoms with Crippen molar-refractivity contribution in [1.82, 2.24) is 14.2 Å². The molecular formula is C22H27FN4O3S. The van der Waals surface area contributed by atoms with Crippen LogP contribution < -0.4 is 5.32 Å². The zero-order valence-electron chi connectivity index (χ0n) is 17.5. The summed E-state index contributed by atoms with van der Waals surface area (Å²) in [6.07, 6.45) is 4.88. The minimum atomic E-state index is -3.84. The van der Waals surface area contributed by atoms with Gasteiger partial charge in [-0.25, -0.2) is 12.8 Å². The second-order valence-electron chi connectivity index (χ2n) is 8.15. The number of pyridine rings is 1. The molecule has 7 nitrogen and oxygen atoms in total. The van der Waals surface area contributed by atoms with Crippen LogP contribution in [0.15, 0.2) is 53.7 Å². The predicted octanol–water partition coefficient (Wildman–Crippen LogP) is 2.72. The number of carbonyl (C=O) groups excluding carboxylic acids is 1. The van der Waals surface area contributed by atoms with Gasteiger partial charge in [0.1, 0.15) is 5.82 Å². The van der Waals surface area contributed by atoms with Crippen LogP contribution in [0.2, 0.25) is 0 Å². The number of halogens is 1. The van der Waals surface area contributed by atoms with Crippen molar-refractivity contribution in [3.05, 3.63) is 54.6 Å². The zero-order chi connectivity index (χ0) is 22.1. The number of sulfonamides is 1. The molecule has 0 saturated carbocycles. The summed E-state index contributed by atoms with van der Waals surface area (Å²) in [6.45, 7) is 4.16. The minimum absolute atomic E-state index is 0.0538. The van der Waals surface area contributed by atoms with E-state index in [1.54, 1.807) is 24.5 Å². The molecule has 2 fully saturated rings. The van der Waals surface area contributed by atoms with Crippen molar-refractivity contribution in [1.29, 1.82) is 0 Å². The SMILES string of the molecule is CCN1CC[C@@]2(C(=O)Nc3cccnc3)CCN(S(=O)(=O)c3cccc(F)c3)CC[C@@H]12. The Kier molecular flexibility index (Phi) is 6.09. The maximum Gasteiger partial charge on any atom is 0.243 e. The first-order valence-corrected chi connectivity index (χ1v) is 12.0. The van der Waals surface area contributed by atoms with Crippen LogP contribution in [0.5, 0.6) is 0 Å². The number of aromatic nitrogens is 1. The molecule has 1 aromatic carbocycles. The average Bonchev–Trinajstić information content (AvgIpc) is 3.01. The van der Waals surface area contributed by atoms with Gasteiger partial charge in [-0.15, -0.1) is 0 Å². The lowest BCUT2D eigenvalue weighted by atomic mass is 9.75. The summed E-state index contributed by atoms with van der Waals surface area (Å²) in [5, 5.41) is 2.99. The summed E-state index contributed by atoms with van der Waals surface area (Å²) in [4.78, 5) is 19.7. The van der Waals surface area contributed by atoms with Gasteiger partial charge in [0.25, 0.3) is 0 Å². The van der Waals surface area contributed by atoms with Gasteiger partial charge < -0.3 is 5.32 Å². The van der Waals surface area contributed by atoms with E-state index in [2.05, 4.69) is 22.1 Å². The number of carbonyl (C=O) groups is 1. The van der Waals surface area contributed by atoms with Crippen LogP contribution in [0.1, 0.15) is 26.2 Å². The van der Waals surface area contributed by atoms with Gasteiger partial charge in [-0.1, -0.05) is 13.0 Å². The van der Waals surface area contributed by atoms with Gasteiger partial charge in [0.15, 0.2) is 0 Å². The maximum atomic E-state index is 13.7. The highest BCUT2D eigenvalue weighted by molar-refractivity contribution is 7.89. The van der Waals surface area contributed by atoms with Gasteiger partial charge in [-0.05, 0) is 62.7 Å². The highest BCUT2D eigenvalue weighted by Crippen LogP contribution is 2.45. The van der Waals surface area contributed by atoms with E-state index in [-0.39, 0.29) is 23.4 Å². The highest BCUT2D eigenvalue weighted by atomic mass is 32.2. The Bertz CT molecular complexity index is 1050. The number of nitrogens with one attached hydrogen (secondary N) is 1. The second-order valence-corrected chi connectivity index (χ2v) is 10.1. The molecule has 2 aliphatic heterocycles. The number of likely N-dealkylation sites (tertiary alicyclic amines) is 1. The Morgan fingerprint density at radius 3 is 2.74 bits per heavy atom. The first-order valence-electron chi connectivity index (χ1n) is 10.6. The molecule has 9 heteroatoms. The van der Waals surface area contributed by atoms with Gasteiger partial charge >= 0.3 is 0 Å². The van der Waals surface area contributed by atoms with Crippen molar-refractivity contribution in [2.75, 3.05) is 31.5 Å². The number of benzene rings is 1. The molecule has 2 atom stereocenters. The molecular weight excluding hydrogens is 419 g/mol. The molecule has 0 bridgehead atoms. The molecule has 1 N–H and O–H groups in total. The number of amides is 1. The fraction of sp³-hybridized carbons (Fsp3) is 0.455. The number of anilines is 1. The van der Waals surface area contributed by atoms with Gasteiger partial charge in [-0.3, -0.25) is 14.7 Å². The number of hydrogen-bond donors (Lipinski definition) is 1. The first-order chi connectivity index (χ1) is 14.9. The van der Waals surface area contributed by atoms with Crippen molar-refractivity contribution in [2.45, 2.75) is 37.1 Å². The number of rotatable bonds is 5. The van der Waals surface area contributed by atoms with Crippen molar-refractivity contribution in [2.24, 2.45) is 5.41 Å². The van der Waals surface area contributed by atoms with Crippen LogP contribution in [0.4, 0.5) is 10.1 Å². The molecule has 1 amide bonds. The van der Waals surface area contributed by atoms with Crippen LogP contribution in [0.3, 0.4) is 0 Å². The third-order valence-electron chi connectivity index (χ3n) is 6.59. The molecule has 3 heterocycles. The van der Waals surface area contributed by atoms with Gasteiger partial charge in [0.2, 0.25) is 15.9 Å². The fourth-order valence-corrected chi connectivity index (χ4v) is 6.42. The van der Waals surface area contributed by atoms with Crippen molar-refractivity contribution in [3.8, 4) is 0 Å². The molecule has 1 aromatic heterocycles. The van der Waals surface area contributed by atoms with Crippen LogP contribution in [0, 0.1) is 11.2 Å². The Morgan fingerprint density at radius 2 is 2.03 bits per heavy atom. The zero-order valence-corrected chi connectivity index (χ0v) is 18.3. The Hall–Kier alpha value is -2.36. The van der Waals surface area contributed by atoms with E-state index >= 15 is 0 Å². The van der Waals surface area contributed by atoms with Crippen molar-refractivity contribution < 1.29 is 17.6 Å². The lowest BCUT2D eigenvalue weighted by Crippen LogP contribution is -2.47. The maximum absolute atomic E-state index is 13.7. The standard InChI is InChI=1S/C22H27FN4O3S/c1-2-26-13-9-22(21(28)25-18-6-4-11-24-16-18)10-14-27(12-8-20(22)26)31(29,30)19-7-3-5-17(23)15-19/h3-7,11,15-16,20H,2,8-10,12-14H2,1H3,(H,25,28)/t20-,22-/m1/s1. The normalized spacial score (nSPS) is 25.0. The van der Waals surface area contributed by atoms with Gasteiger partial charge in [0.05, 0.1) is 22.2 Å². The summed E-state index contributed by atoms with van der Waals surface area (Å²) in [6, 6.07) is 8.58. The van der Waals surface area contributed by atoms with E-state index in [1.807, 2.05) is 0 Å². The molecule has 2 aliphatic rings. The molecule has 2 saturated heterocycles. The third-order valence-corrected chi connectivity index (χ3v) is 8.49. The third kappa shape index (κ3) is 4.09. The minimum Gasteiger partial charge on any atom is -0.324 e. The van der Waals surface area contributed by atoms with E-state index in [1.165, 1.54) is 22.5 Å². The Balaban J connectivity index is 1.61. The average molecular weight is 447 g/mol. The second kappa shape index (κ2) is 8.64. The summed E-state index contributed by atoms with van der Waals surface area (Å²) < 4.78 is 41.4. The van der Waals surface area contributed by atoms with E-state index < -0.39 is 21.3 Å². The number of fused-ring (bicyclic) bond motifs is 1. The quantitative estimate of drug-likeness (QED) is 0.764. The summed E-state index contributed by atoms with van der Waals surface area (Å²) in [5.41, 5.74) is -0.0537. The largest absolute Gasteiger partial charge is 0.324 e. The molecule has 0 radical (unpaired) electrons. The van der Waals surface area contributed by atoms with Gasteiger partial charge in [0, 0.05) is 25.3 Å². The smallest absolute Gasteiger partial charge is 0.243 e. The van der Waals surface area contributed by atoms with Crippen molar-refractivity contribution in [3.63, 3.8) is 0 Å². The Labute approximate surface area is 182 Å². The molecule has 31 heavy (non-hydrogen) atoms. The number of hydrogen-bond acceptors (Lipinski definition) is 5. The van der Waals surface area contributed by atoms with Crippen molar-refractivity contribution >= 4 is 21.6 Å².